The maximum atomic E-state index is 12.0. The minimum atomic E-state index is -0.759. The van der Waals surface area contributed by atoms with Crippen LogP contribution in [0.5, 0.6) is 5.75 Å². The zero-order valence-electron chi connectivity index (χ0n) is 13.8. The normalized spacial score (nSPS) is 10.8. The summed E-state index contributed by atoms with van der Waals surface area (Å²) in [6.07, 6.45) is 0. The van der Waals surface area contributed by atoms with Crippen molar-refractivity contribution >= 4 is 22.8 Å². The van der Waals surface area contributed by atoms with Crippen molar-refractivity contribution in [3.8, 4) is 5.75 Å². The van der Waals surface area contributed by atoms with Crippen LogP contribution >= 0.6 is 0 Å². The molecule has 0 aliphatic carbocycles. The lowest BCUT2D eigenvalue weighted by Gasteiger charge is -2.08. The first-order valence-electron chi connectivity index (χ1n) is 7.49. The number of amides is 1. The van der Waals surface area contributed by atoms with Gasteiger partial charge < -0.3 is 19.2 Å². The monoisotopic (exact) mass is 333 g/mol. The first-order chi connectivity index (χ1) is 11.4. The molecule has 128 valence electrons. The van der Waals surface area contributed by atoms with Gasteiger partial charge in [-0.2, -0.15) is 0 Å². The van der Waals surface area contributed by atoms with E-state index in [-0.39, 0.29) is 35.3 Å². The van der Waals surface area contributed by atoms with E-state index in [0.717, 1.165) is 0 Å². The summed E-state index contributed by atoms with van der Waals surface area (Å²) in [5, 5.41) is 3.11. The zero-order chi connectivity index (χ0) is 17.7. The SMILES string of the molecule is COCCNC(=O)c1cc2ccc(OC(=O)C(C)C)cc2oc1=O. The summed E-state index contributed by atoms with van der Waals surface area (Å²) in [5.74, 6) is -0.906. The van der Waals surface area contributed by atoms with Crippen LogP contribution in [0.4, 0.5) is 0 Å². The van der Waals surface area contributed by atoms with E-state index < -0.39 is 11.5 Å². The van der Waals surface area contributed by atoms with Crippen LogP contribution in [-0.4, -0.2) is 32.1 Å². The summed E-state index contributed by atoms with van der Waals surface area (Å²) < 4.78 is 15.2. The largest absolute Gasteiger partial charge is 0.426 e. The molecular weight excluding hydrogens is 314 g/mol. The van der Waals surface area contributed by atoms with Gasteiger partial charge in [-0.1, -0.05) is 13.8 Å². The molecule has 7 heteroatoms. The minimum Gasteiger partial charge on any atom is -0.426 e. The van der Waals surface area contributed by atoms with Crippen molar-refractivity contribution in [1.82, 2.24) is 5.32 Å². The number of ether oxygens (including phenoxy) is 2. The molecule has 1 heterocycles. The third-order valence-electron chi connectivity index (χ3n) is 3.23. The van der Waals surface area contributed by atoms with Crippen molar-refractivity contribution in [3.05, 3.63) is 40.2 Å². The number of methoxy groups -OCH3 is 1. The molecule has 1 aromatic carbocycles. The first kappa shape index (κ1) is 17.7. The van der Waals surface area contributed by atoms with Crippen LogP contribution in [0, 0.1) is 5.92 Å². The van der Waals surface area contributed by atoms with Crippen LogP contribution in [0.25, 0.3) is 11.0 Å². The molecule has 0 aliphatic rings. The number of carbonyl (C=O) groups excluding carboxylic acids is 2. The predicted molar refractivity (Wildman–Crippen MR) is 87.2 cm³/mol. The highest BCUT2D eigenvalue weighted by molar-refractivity contribution is 5.96. The third-order valence-corrected chi connectivity index (χ3v) is 3.23. The number of rotatable bonds is 6. The van der Waals surface area contributed by atoms with Crippen molar-refractivity contribution in [2.24, 2.45) is 5.92 Å². The second-order valence-electron chi connectivity index (χ2n) is 5.47. The van der Waals surface area contributed by atoms with Gasteiger partial charge in [0, 0.05) is 25.1 Å². The lowest BCUT2D eigenvalue weighted by atomic mass is 10.1. The Hall–Kier alpha value is -2.67. The minimum absolute atomic E-state index is 0.0921. The highest BCUT2D eigenvalue weighted by atomic mass is 16.5. The molecule has 2 rings (SSSR count). The fourth-order valence-corrected chi connectivity index (χ4v) is 1.91. The Bertz CT molecular complexity index is 808. The Balaban J connectivity index is 2.27. The van der Waals surface area contributed by atoms with Gasteiger partial charge in [-0.15, -0.1) is 0 Å². The molecule has 0 bridgehead atoms. The molecule has 0 unspecified atom stereocenters. The van der Waals surface area contributed by atoms with Gasteiger partial charge in [-0.05, 0) is 18.2 Å². The number of fused-ring (bicyclic) bond motifs is 1. The quantitative estimate of drug-likeness (QED) is 0.374. The topological polar surface area (TPSA) is 94.8 Å². The lowest BCUT2D eigenvalue weighted by Crippen LogP contribution is -2.30. The van der Waals surface area contributed by atoms with Crippen LogP contribution in [-0.2, 0) is 9.53 Å². The average molecular weight is 333 g/mol. The van der Waals surface area contributed by atoms with Crippen molar-refractivity contribution < 1.29 is 23.5 Å². The summed E-state index contributed by atoms with van der Waals surface area (Å²) in [7, 11) is 1.51. The Labute approximate surface area is 138 Å². The van der Waals surface area contributed by atoms with Crippen LogP contribution in [0.1, 0.15) is 24.2 Å². The molecule has 7 nitrogen and oxygen atoms in total. The summed E-state index contributed by atoms with van der Waals surface area (Å²) in [6.45, 7) is 4.07. The van der Waals surface area contributed by atoms with E-state index in [2.05, 4.69) is 5.32 Å². The number of nitrogens with one attached hydrogen (secondary N) is 1. The van der Waals surface area contributed by atoms with E-state index in [1.807, 2.05) is 0 Å². The highest BCUT2D eigenvalue weighted by Crippen LogP contribution is 2.21. The van der Waals surface area contributed by atoms with E-state index in [1.54, 1.807) is 26.0 Å². The average Bonchev–Trinajstić information content (AvgIpc) is 2.54. The summed E-state index contributed by atoms with van der Waals surface area (Å²) in [6, 6.07) is 6.09. The van der Waals surface area contributed by atoms with Crippen molar-refractivity contribution in [1.29, 1.82) is 0 Å². The van der Waals surface area contributed by atoms with Gasteiger partial charge in [0.2, 0.25) is 0 Å². The maximum Gasteiger partial charge on any atom is 0.349 e. The fourth-order valence-electron chi connectivity index (χ4n) is 1.91. The molecule has 1 N–H and O–H groups in total. The predicted octanol–water partition coefficient (Wildman–Crippen LogP) is 1.73. The Morgan fingerprint density at radius 1 is 1.25 bits per heavy atom. The van der Waals surface area contributed by atoms with Gasteiger partial charge in [0.15, 0.2) is 0 Å². The molecule has 1 aromatic heterocycles. The highest BCUT2D eigenvalue weighted by Gasteiger charge is 2.15. The van der Waals surface area contributed by atoms with Crippen molar-refractivity contribution in [3.63, 3.8) is 0 Å². The second-order valence-corrected chi connectivity index (χ2v) is 5.47. The molecule has 0 fully saturated rings. The second kappa shape index (κ2) is 7.74. The smallest absolute Gasteiger partial charge is 0.349 e. The number of carbonyl (C=O) groups is 2. The van der Waals surface area contributed by atoms with Crippen LogP contribution in [0.15, 0.2) is 33.5 Å². The van der Waals surface area contributed by atoms with Crippen molar-refractivity contribution in [2.45, 2.75) is 13.8 Å². The Morgan fingerprint density at radius 2 is 2.00 bits per heavy atom. The standard InChI is InChI=1S/C17H19NO6/c1-10(2)16(20)23-12-5-4-11-8-13(15(19)18-6-7-22-3)17(21)24-14(11)9-12/h4-5,8-10H,6-7H2,1-3H3,(H,18,19). The van der Waals surface area contributed by atoms with Gasteiger partial charge in [0.05, 0.1) is 12.5 Å². The van der Waals surface area contributed by atoms with Gasteiger partial charge >= 0.3 is 11.6 Å². The molecule has 0 atom stereocenters. The molecule has 0 saturated heterocycles. The number of benzene rings is 1. The van der Waals surface area contributed by atoms with Gasteiger partial charge in [0.1, 0.15) is 16.9 Å². The van der Waals surface area contributed by atoms with Gasteiger partial charge in [-0.3, -0.25) is 9.59 Å². The maximum absolute atomic E-state index is 12.0. The zero-order valence-corrected chi connectivity index (χ0v) is 13.8. The Morgan fingerprint density at radius 3 is 2.67 bits per heavy atom. The van der Waals surface area contributed by atoms with Gasteiger partial charge in [-0.25, -0.2) is 4.79 Å². The van der Waals surface area contributed by atoms with Crippen molar-refractivity contribution in [2.75, 3.05) is 20.3 Å². The third kappa shape index (κ3) is 4.20. The van der Waals surface area contributed by atoms with E-state index in [4.69, 9.17) is 13.9 Å². The van der Waals surface area contributed by atoms with Crippen LogP contribution < -0.4 is 15.7 Å². The number of esters is 1. The van der Waals surface area contributed by atoms with E-state index in [0.29, 0.717) is 12.0 Å². The lowest BCUT2D eigenvalue weighted by molar-refractivity contribution is -0.137. The number of hydrogen-bond acceptors (Lipinski definition) is 6. The fraction of sp³-hybridized carbons (Fsp3) is 0.353. The molecule has 24 heavy (non-hydrogen) atoms. The molecule has 1 amide bonds. The molecule has 0 saturated carbocycles. The number of hydrogen-bond donors (Lipinski definition) is 1. The van der Waals surface area contributed by atoms with Crippen LogP contribution in [0.3, 0.4) is 0 Å². The van der Waals surface area contributed by atoms with E-state index in [9.17, 15) is 14.4 Å². The van der Waals surface area contributed by atoms with E-state index in [1.165, 1.54) is 19.2 Å². The molecule has 2 aromatic rings. The molecule has 0 spiro atoms. The molecule has 0 aliphatic heterocycles. The first-order valence-corrected chi connectivity index (χ1v) is 7.49. The molecular formula is C17H19NO6. The van der Waals surface area contributed by atoms with Gasteiger partial charge in [0.25, 0.3) is 5.91 Å². The Kier molecular flexibility index (Phi) is 5.70. The summed E-state index contributed by atoms with van der Waals surface area (Å²) >= 11 is 0. The summed E-state index contributed by atoms with van der Waals surface area (Å²) in [4.78, 5) is 35.6. The summed E-state index contributed by atoms with van der Waals surface area (Å²) in [5.41, 5.74) is -0.613. The van der Waals surface area contributed by atoms with Crippen LogP contribution in [0.2, 0.25) is 0 Å². The van der Waals surface area contributed by atoms with E-state index >= 15 is 0 Å². The molecule has 0 radical (unpaired) electrons.